The Hall–Kier alpha value is -2.37. The van der Waals surface area contributed by atoms with E-state index in [1.54, 1.807) is 48.5 Å². The summed E-state index contributed by atoms with van der Waals surface area (Å²) in [5.41, 5.74) is 0.0997. The highest BCUT2D eigenvalue weighted by Crippen LogP contribution is 2.17. The van der Waals surface area contributed by atoms with Gasteiger partial charge in [0.05, 0.1) is 23.6 Å². The first-order valence-corrected chi connectivity index (χ1v) is 7.09. The SMILES string of the molecule is O=c1[nH]c2ccccc2c(=O)n1CC(O)c1ccc(Cl)cc1. The van der Waals surface area contributed by atoms with E-state index < -0.39 is 17.4 Å². The van der Waals surface area contributed by atoms with Crippen LogP contribution in [-0.2, 0) is 6.54 Å². The average Bonchev–Trinajstić information content (AvgIpc) is 2.52. The Labute approximate surface area is 130 Å². The van der Waals surface area contributed by atoms with E-state index in [1.807, 2.05) is 0 Å². The van der Waals surface area contributed by atoms with Crippen LogP contribution in [-0.4, -0.2) is 14.7 Å². The van der Waals surface area contributed by atoms with E-state index in [1.165, 1.54) is 0 Å². The topological polar surface area (TPSA) is 75.1 Å². The van der Waals surface area contributed by atoms with Crippen LogP contribution < -0.4 is 11.2 Å². The molecule has 3 rings (SSSR count). The summed E-state index contributed by atoms with van der Waals surface area (Å²) in [6.07, 6.45) is -0.975. The van der Waals surface area contributed by atoms with Crippen LogP contribution in [0.2, 0.25) is 5.02 Å². The van der Waals surface area contributed by atoms with Gasteiger partial charge in [-0.05, 0) is 29.8 Å². The minimum absolute atomic E-state index is 0.124. The standard InChI is InChI=1S/C16H13ClN2O3/c17-11-7-5-10(6-8-11)14(20)9-19-15(21)12-3-1-2-4-13(12)18-16(19)22/h1-8,14,20H,9H2,(H,18,22). The van der Waals surface area contributed by atoms with Crippen molar-refractivity contribution in [1.82, 2.24) is 9.55 Å². The van der Waals surface area contributed by atoms with Gasteiger partial charge in [-0.25, -0.2) is 4.79 Å². The molecule has 1 heterocycles. The molecule has 0 saturated carbocycles. The predicted molar refractivity (Wildman–Crippen MR) is 85.2 cm³/mol. The van der Waals surface area contributed by atoms with Crippen LogP contribution in [0, 0.1) is 0 Å². The zero-order valence-corrected chi connectivity index (χ0v) is 12.2. The largest absolute Gasteiger partial charge is 0.387 e. The van der Waals surface area contributed by atoms with Crippen molar-refractivity contribution >= 4 is 22.5 Å². The van der Waals surface area contributed by atoms with Crippen LogP contribution in [0.3, 0.4) is 0 Å². The molecule has 1 aromatic heterocycles. The summed E-state index contributed by atoms with van der Waals surface area (Å²) in [4.78, 5) is 27.1. The van der Waals surface area contributed by atoms with Gasteiger partial charge in [0.25, 0.3) is 5.56 Å². The Kier molecular flexibility index (Phi) is 3.83. The maximum Gasteiger partial charge on any atom is 0.328 e. The fourth-order valence-electron chi connectivity index (χ4n) is 2.33. The van der Waals surface area contributed by atoms with Gasteiger partial charge in [-0.3, -0.25) is 9.36 Å². The fraction of sp³-hybridized carbons (Fsp3) is 0.125. The molecule has 0 amide bonds. The summed E-state index contributed by atoms with van der Waals surface area (Å²) in [5, 5.41) is 11.2. The van der Waals surface area contributed by atoms with Crippen LogP contribution in [0.4, 0.5) is 0 Å². The molecule has 0 aliphatic carbocycles. The molecular formula is C16H13ClN2O3. The number of aromatic nitrogens is 2. The second-order valence-corrected chi connectivity index (χ2v) is 5.40. The number of aliphatic hydroxyl groups excluding tert-OH is 1. The quantitative estimate of drug-likeness (QED) is 0.777. The molecule has 0 spiro atoms. The molecule has 22 heavy (non-hydrogen) atoms. The minimum Gasteiger partial charge on any atom is -0.387 e. The Morgan fingerprint density at radius 1 is 1.09 bits per heavy atom. The van der Waals surface area contributed by atoms with Crippen LogP contribution >= 0.6 is 11.6 Å². The van der Waals surface area contributed by atoms with Gasteiger partial charge in [-0.1, -0.05) is 35.9 Å². The van der Waals surface area contributed by atoms with Crippen molar-refractivity contribution in [2.24, 2.45) is 0 Å². The van der Waals surface area contributed by atoms with Crippen molar-refractivity contribution in [3.05, 3.63) is 80.0 Å². The Morgan fingerprint density at radius 3 is 2.50 bits per heavy atom. The number of nitrogens with one attached hydrogen (secondary N) is 1. The zero-order valence-electron chi connectivity index (χ0n) is 11.5. The van der Waals surface area contributed by atoms with Crippen molar-refractivity contribution in [1.29, 1.82) is 0 Å². The average molecular weight is 317 g/mol. The number of rotatable bonds is 3. The maximum atomic E-state index is 12.4. The summed E-state index contributed by atoms with van der Waals surface area (Å²) in [7, 11) is 0. The number of nitrogens with zero attached hydrogens (tertiary/aromatic N) is 1. The molecule has 0 aliphatic heterocycles. The van der Waals surface area contributed by atoms with Crippen LogP contribution in [0.5, 0.6) is 0 Å². The molecule has 0 aliphatic rings. The van der Waals surface area contributed by atoms with Crippen molar-refractivity contribution in [3.63, 3.8) is 0 Å². The maximum absolute atomic E-state index is 12.4. The van der Waals surface area contributed by atoms with E-state index in [0.29, 0.717) is 21.5 Å². The summed E-state index contributed by atoms with van der Waals surface area (Å²) in [6.45, 7) is -0.124. The highest BCUT2D eigenvalue weighted by molar-refractivity contribution is 6.30. The van der Waals surface area contributed by atoms with Gasteiger partial charge in [0.15, 0.2) is 0 Å². The van der Waals surface area contributed by atoms with Gasteiger partial charge in [0.2, 0.25) is 0 Å². The van der Waals surface area contributed by atoms with Gasteiger partial charge < -0.3 is 10.1 Å². The summed E-state index contributed by atoms with van der Waals surface area (Å²) in [5.74, 6) is 0. The van der Waals surface area contributed by atoms with Gasteiger partial charge in [0.1, 0.15) is 0 Å². The van der Waals surface area contributed by atoms with E-state index in [4.69, 9.17) is 11.6 Å². The number of benzene rings is 2. The molecule has 1 unspecified atom stereocenters. The van der Waals surface area contributed by atoms with Gasteiger partial charge in [0, 0.05) is 5.02 Å². The Bertz CT molecular complexity index is 929. The number of hydrogen-bond donors (Lipinski definition) is 2. The number of aromatic amines is 1. The second-order valence-electron chi connectivity index (χ2n) is 4.96. The summed E-state index contributed by atoms with van der Waals surface area (Å²) >= 11 is 5.80. The molecule has 2 N–H and O–H groups in total. The van der Waals surface area contributed by atoms with Crippen molar-refractivity contribution < 1.29 is 5.11 Å². The molecule has 2 aromatic carbocycles. The Morgan fingerprint density at radius 2 is 1.77 bits per heavy atom. The van der Waals surface area contributed by atoms with E-state index >= 15 is 0 Å². The van der Waals surface area contributed by atoms with Gasteiger partial charge >= 0.3 is 5.69 Å². The summed E-state index contributed by atoms with van der Waals surface area (Å²) < 4.78 is 1.00. The van der Waals surface area contributed by atoms with Crippen molar-refractivity contribution in [2.45, 2.75) is 12.6 Å². The van der Waals surface area contributed by atoms with E-state index in [9.17, 15) is 14.7 Å². The first-order valence-electron chi connectivity index (χ1n) is 6.71. The number of fused-ring (bicyclic) bond motifs is 1. The molecule has 5 nitrogen and oxygen atoms in total. The van der Waals surface area contributed by atoms with E-state index in [-0.39, 0.29) is 6.54 Å². The van der Waals surface area contributed by atoms with E-state index in [2.05, 4.69) is 4.98 Å². The highest BCUT2D eigenvalue weighted by Gasteiger charge is 2.13. The third kappa shape index (κ3) is 2.68. The number of para-hydroxylation sites is 1. The molecule has 3 aromatic rings. The molecule has 0 bridgehead atoms. The molecule has 1 atom stereocenters. The third-order valence-corrected chi connectivity index (χ3v) is 3.75. The lowest BCUT2D eigenvalue weighted by Gasteiger charge is -2.13. The first kappa shape index (κ1) is 14.6. The van der Waals surface area contributed by atoms with Crippen molar-refractivity contribution in [3.8, 4) is 0 Å². The minimum atomic E-state index is -0.975. The fourth-order valence-corrected chi connectivity index (χ4v) is 2.45. The molecule has 0 saturated heterocycles. The van der Waals surface area contributed by atoms with Crippen molar-refractivity contribution in [2.75, 3.05) is 0 Å². The number of aliphatic hydroxyl groups is 1. The van der Waals surface area contributed by atoms with Crippen LogP contribution in [0.1, 0.15) is 11.7 Å². The highest BCUT2D eigenvalue weighted by atomic mass is 35.5. The second kappa shape index (κ2) is 5.79. The Balaban J connectivity index is 2.02. The first-order chi connectivity index (χ1) is 10.6. The lowest BCUT2D eigenvalue weighted by atomic mass is 10.1. The third-order valence-electron chi connectivity index (χ3n) is 3.50. The number of hydrogen-bond acceptors (Lipinski definition) is 3. The van der Waals surface area contributed by atoms with Gasteiger partial charge in [-0.2, -0.15) is 0 Å². The molecule has 0 fully saturated rings. The summed E-state index contributed by atoms with van der Waals surface area (Å²) in [6, 6.07) is 13.4. The smallest absolute Gasteiger partial charge is 0.328 e. The molecule has 6 heteroatoms. The monoisotopic (exact) mass is 316 g/mol. The van der Waals surface area contributed by atoms with Gasteiger partial charge in [-0.15, -0.1) is 0 Å². The lowest BCUT2D eigenvalue weighted by Crippen LogP contribution is -2.36. The number of H-pyrrole nitrogens is 1. The predicted octanol–water partition coefficient (Wildman–Crippen LogP) is 2.08. The van der Waals surface area contributed by atoms with E-state index in [0.717, 1.165) is 4.57 Å². The van der Waals surface area contributed by atoms with Crippen LogP contribution in [0.25, 0.3) is 10.9 Å². The lowest BCUT2D eigenvalue weighted by molar-refractivity contribution is 0.153. The van der Waals surface area contributed by atoms with Crippen LogP contribution in [0.15, 0.2) is 58.1 Å². The molecule has 112 valence electrons. The normalized spacial score (nSPS) is 12.5. The molecular weight excluding hydrogens is 304 g/mol. The number of halogens is 1. The molecule has 0 radical (unpaired) electrons. The zero-order chi connectivity index (χ0) is 15.7.